The summed E-state index contributed by atoms with van der Waals surface area (Å²) in [6.07, 6.45) is 1.69. The molecule has 3 amide bonds. The van der Waals surface area contributed by atoms with Gasteiger partial charge in [-0.2, -0.15) is 0 Å². The third-order valence-corrected chi connectivity index (χ3v) is 16.1. The number of piperazine rings is 1. The summed E-state index contributed by atoms with van der Waals surface area (Å²) >= 11 is 0. The average molecular weight is 892 g/mol. The van der Waals surface area contributed by atoms with Gasteiger partial charge in [-0.25, -0.2) is 21.6 Å². The number of rotatable bonds is 10. The molecule has 1 aliphatic carbocycles. The number of likely N-dealkylation sites (tertiary alicyclic amines) is 1. The molecular formula is C47H44F3N7O6S. The Bertz CT molecular complexity index is 2900. The Labute approximate surface area is 366 Å². The maximum Gasteiger partial charge on any atom is 0.255 e. The van der Waals surface area contributed by atoms with Gasteiger partial charge in [-0.1, -0.05) is 18.2 Å². The lowest BCUT2D eigenvalue weighted by Crippen LogP contribution is -2.63. The monoisotopic (exact) mass is 891 g/mol. The van der Waals surface area contributed by atoms with E-state index in [1.807, 2.05) is 30.3 Å². The van der Waals surface area contributed by atoms with Gasteiger partial charge < -0.3 is 19.7 Å². The highest BCUT2D eigenvalue weighted by molar-refractivity contribution is 7.93. The van der Waals surface area contributed by atoms with Gasteiger partial charge in [-0.15, -0.1) is 0 Å². The molecule has 64 heavy (non-hydrogen) atoms. The van der Waals surface area contributed by atoms with E-state index in [9.17, 15) is 32.0 Å². The minimum Gasteiger partial charge on any atom is -0.368 e. The van der Waals surface area contributed by atoms with Crippen LogP contribution in [0.25, 0.3) is 22.0 Å². The summed E-state index contributed by atoms with van der Waals surface area (Å²) in [6.45, 7) is 4.00. The zero-order chi connectivity index (χ0) is 44.2. The highest BCUT2D eigenvalue weighted by Crippen LogP contribution is 2.40. The van der Waals surface area contributed by atoms with Gasteiger partial charge in [0.1, 0.15) is 18.0 Å². The summed E-state index contributed by atoms with van der Waals surface area (Å²) in [5.74, 6) is -4.31. The number of H-pyrrole nitrogens is 1. The number of carbonyl (C=O) groups is 4. The van der Waals surface area contributed by atoms with Crippen LogP contribution in [0.3, 0.4) is 0 Å². The molecule has 3 N–H and O–H groups in total. The molecule has 5 aliphatic heterocycles. The predicted molar refractivity (Wildman–Crippen MR) is 233 cm³/mol. The van der Waals surface area contributed by atoms with Crippen LogP contribution in [0.15, 0.2) is 79.0 Å². The number of anilines is 3. The highest BCUT2D eigenvalue weighted by Gasteiger charge is 2.48. The van der Waals surface area contributed by atoms with Crippen LogP contribution >= 0.6 is 0 Å². The lowest BCUT2D eigenvalue weighted by atomic mass is 9.98. The van der Waals surface area contributed by atoms with E-state index in [-0.39, 0.29) is 43.1 Å². The summed E-state index contributed by atoms with van der Waals surface area (Å²) in [5.41, 5.74) is 4.52. The summed E-state index contributed by atoms with van der Waals surface area (Å²) in [6, 6.07) is 22.0. The van der Waals surface area contributed by atoms with Gasteiger partial charge in [0.05, 0.1) is 16.5 Å². The van der Waals surface area contributed by atoms with E-state index in [2.05, 4.69) is 47.9 Å². The smallest absolute Gasteiger partial charge is 0.255 e. The molecule has 4 aromatic carbocycles. The van der Waals surface area contributed by atoms with E-state index < -0.39 is 62.1 Å². The lowest BCUT2D eigenvalue weighted by molar-refractivity contribution is -0.136. The van der Waals surface area contributed by atoms with E-state index in [1.54, 1.807) is 17.0 Å². The number of aromatic amines is 1. The number of hydrogen-bond donors (Lipinski definition) is 3. The molecule has 13 nitrogen and oxygen atoms in total. The van der Waals surface area contributed by atoms with E-state index >= 15 is 8.78 Å². The fraction of sp³-hybridized carbons (Fsp3) is 0.362. The van der Waals surface area contributed by atoms with Gasteiger partial charge in [0.2, 0.25) is 27.6 Å². The third-order valence-electron chi connectivity index (χ3n) is 14.3. The van der Waals surface area contributed by atoms with E-state index in [4.69, 9.17) is 0 Å². The van der Waals surface area contributed by atoms with Crippen molar-refractivity contribution in [2.45, 2.75) is 80.7 Å². The lowest BCUT2D eigenvalue weighted by Gasteiger charge is -2.49. The molecule has 6 heterocycles. The quantitative estimate of drug-likeness (QED) is 0.115. The largest absolute Gasteiger partial charge is 0.368 e. The van der Waals surface area contributed by atoms with Crippen molar-refractivity contribution >= 4 is 61.5 Å². The molecule has 1 aromatic heterocycles. The van der Waals surface area contributed by atoms with Gasteiger partial charge in [0.15, 0.2) is 5.82 Å². The first kappa shape index (κ1) is 40.6. The van der Waals surface area contributed by atoms with Gasteiger partial charge in [-0.05, 0) is 103 Å². The van der Waals surface area contributed by atoms with Crippen molar-refractivity contribution in [3.8, 4) is 11.1 Å². The van der Waals surface area contributed by atoms with Crippen molar-refractivity contribution in [1.29, 1.82) is 0 Å². The van der Waals surface area contributed by atoms with Crippen LogP contribution in [0.4, 0.5) is 30.2 Å². The SMILES string of the molecule is O=C1CCC(N2Cc3cc(N4CC(N5C[C@H]6C[C@@H]5CN6c5ccc(-c6ccc7[nH]cc(C(=O)c8c(F)ccc(NS(=O)(=O)C9CC[C@@H](F)C9)c8F)c7c6)cc5)C4)ccc3C2=O)C(=O)N1. The number of piperidine rings is 1. The van der Waals surface area contributed by atoms with Crippen LogP contribution in [-0.2, 0) is 26.2 Å². The standard InChI is InChI=1S/C47H44F3N7O6S/c48-28-4-8-34(17-28)64(62,63)53-40-12-10-38(49)43(44(40)50)45(59)37-19-51-39-11-3-26(16-36(37)39)25-1-5-29(6-2-25)55-23-32-18-31(55)24-56(32)33-21-54(22-33)30-7-9-35-27(15-30)20-57(47(35)61)41-13-14-42(58)52-46(41)60/h1-3,5-7,9-12,15-16,19,28,31-34,41,51,53H,4,8,13-14,17-18,20-24H2,(H,52,58,60)/t28-,31-,32-,34?,41?/m1/s1. The van der Waals surface area contributed by atoms with Crippen LogP contribution in [0.5, 0.6) is 0 Å². The molecule has 2 bridgehead atoms. The zero-order valence-corrected chi connectivity index (χ0v) is 35.3. The number of alkyl halides is 1. The number of fused-ring (bicyclic) bond motifs is 4. The fourth-order valence-corrected chi connectivity index (χ4v) is 12.3. The fourth-order valence-electron chi connectivity index (χ4n) is 10.8. The molecule has 0 radical (unpaired) electrons. The van der Waals surface area contributed by atoms with Gasteiger partial charge in [0, 0.05) is 96.9 Å². The van der Waals surface area contributed by atoms with E-state index in [0.717, 1.165) is 72.8 Å². The Kier molecular flexibility index (Phi) is 9.65. The number of amides is 3. The molecule has 1 saturated carbocycles. The third kappa shape index (κ3) is 6.82. The van der Waals surface area contributed by atoms with Crippen molar-refractivity contribution < 1.29 is 40.8 Å². The molecule has 330 valence electrons. The van der Waals surface area contributed by atoms with Crippen molar-refractivity contribution in [3.63, 3.8) is 0 Å². The number of benzene rings is 4. The molecule has 5 atom stereocenters. The Morgan fingerprint density at radius 1 is 0.781 bits per heavy atom. The Morgan fingerprint density at radius 3 is 2.30 bits per heavy atom. The minimum absolute atomic E-state index is 0.0247. The van der Waals surface area contributed by atoms with Crippen LogP contribution < -0.4 is 19.8 Å². The second-order valence-corrected chi connectivity index (χ2v) is 20.0. The Hall–Kier alpha value is -6.20. The summed E-state index contributed by atoms with van der Waals surface area (Å²) < 4.78 is 72.7. The Morgan fingerprint density at radius 2 is 1.56 bits per heavy atom. The van der Waals surface area contributed by atoms with Crippen LogP contribution in [0, 0.1) is 11.6 Å². The van der Waals surface area contributed by atoms with E-state index in [1.165, 1.54) is 6.20 Å². The van der Waals surface area contributed by atoms with Crippen molar-refractivity contribution in [1.82, 2.24) is 20.1 Å². The second-order valence-electron chi connectivity index (χ2n) is 18.0. The number of halogens is 3. The molecular weight excluding hydrogens is 848 g/mol. The summed E-state index contributed by atoms with van der Waals surface area (Å²) in [7, 11) is -4.18. The molecule has 11 rings (SSSR count). The molecule has 2 unspecified atom stereocenters. The number of hydrogen-bond acceptors (Lipinski definition) is 9. The second kappa shape index (κ2) is 15.2. The maximum absolute atomic E-state index is 15.8. The summed E-state index contributed by atoms with van der Waals surface area (Å²) in [4.78, 5) is 63.1. The molecule has 5 aromatic rings. The average Bonchev–Trinajstić information content (AvgIpc) is 4.11. The Balaban J connectivity index is 0.729. The van der Waals surface area contributed by atoms with Gasteiger partial charge in [0.25, 0.3) is 5.91 Å². The summed E-state index contributed by atoms with van der Waals surface area (Å²) in [5, 5.41) is 1.75. The van der Waals surface area contributed by atoms with Crippen molar-refractivity contribution in [2.24, 2.45) is 0 Å². The molecule has 6 aliphatic rings. The number of sulfonamides is 1. The number of ketones is 1. The van der Waals surface area contributed by atoms with E-state index in [0.29, 0.717) is 47.6 Å². The minimum atomic E-state index is -4.18. The molecule has 4 saturated heterocycles. The number of nitrogens with zero attached hydrogens (tertiary/aromatic N) is 4. The van der Waals surface area contributed by atoms with Crippen LogP contribution in [0.2, 0.25) is 0 Å². The molecule has 5 fully saturated rings. The topological polar surface area (TPSA) is 155 Å². The number of aromatic nitrogens is 1. The van der Waals surface area contributed by atoms with Gasteiger partial charge >= 0.3 is 0 Å². The molecule has 17 heteroatoms. The zero-order valence-electron chi connectivity index (χ0n) is 34.5. The number of imide groups is 1. The van der Waals surface area contributed by atoms with Gasteiger partial charge in [-0.3, -0.25) is 34.1 Å². The molecule has 0 spiro atoms. The van der Waals surface area contributed by atoms with Crippen LogP contribution in [0.1, 0.15) is 70.4 Å². The first-order valence-electron chi connectivity index (χ1n) is 21.7. The first-order chi connectivity index (χ1) is 30.8. The van der Waals surface area contributed by atoms with Crippen molar-refractivity contribution in [2.75, 3.05) is 40.7 Å². The van der Waals surface area contributed by atoms with Crippen LogP contribution in [-0.4, -0.2) is 108 Å². The first-order valence-corrected chi connectivity index (χ1v) is 23.3. The number of carbonyl (C=O) groups excluding carboxylic acids is 4. The normalized spacial score (nSPS) is 24.8. The number of nitrogens with one attached hydrogen (secondary N) is 3. The maximum atomic E-state index is 15.8. The predicted octanol–water partition coefficient (Wildman–Crippen LogP) is 5.89. The van der Waals surface area contributed by atoms with Crippen molar-refractivity contribution in [3.05, 3.63) is 113 Å². The highest BCUT2D eigenvalue weighted by atomic mass is 32.2.